The number of anilines is 1. The summed E-state index contributed by atoms with van der Waals surface area (Å²) in [4.78, 5) is 14.1. The topological polar surface area (TPSA) is 54.0 Å². The van der Waals surface area contributed by atoms with Crippen LogP contribution in [0.15, 0.2) is 18.3 Å². The number of alkyl halides is 3. The first-order chi connectivity index (χ1) is 8.89. The summed E-state index contributed by atoms with van der Waals surface area (Å²) in [5.74, 6) is 0.176. The summed E-state index contributed by atoms with van der Waals surface area (Å²) in [5, 5.41) is 5.33. The van der Waals surface area contributed by atoms with Crippen molar-refractivity contribution in [2.45, 2.75) is 26.9 Å². The van der Waals surface area contributed by atoms with Gasteiger partial charge in [-0.15, -0.1) is 0 Å². The molecule has 2 N–H and O–H groups in total. The van der Waals surface area contributed by atoms with Crippen molar-refractivity contribution in [3.8, 4) is 0 Å². The fourth-order valence-corrected chi connectivity index (χ4v) is 1.10. The highest BCUT2D eigenvalue weighted by molar-refractivity contribution is 5.72. The lowest BCUT2D eigenvalue weighted by Gasteiger charge is -2.08. The van der Waals surface area contributed by atoms with Crippen molar-refractivity contribution in [2.75, 3.05) is 18.4 Å². The van der Waals surface area contributed by atoms with Crippen LogP contribution in [-0.2, 0) is 11.0 Å². The van der Waals surface area contributed by atoms with Crippen molar-refractivity contribution in [3.63, 3.8) is 0 Å². The molecule has 0 fully saturated rings. The second-order valence-corrected chi connectivity index (χ2v) is 3.34. The van der Waals surface area contributed by atoms with Crippen LogP contribution in [0.1, 0.15) is 26.3 Å². The molecular formula is C12H18F3N3O. The number of pyridine rings is 1. The molecule has 0 saturated carbocycles. The Hall–Kier alpha value is -1.79. The number of nitrogens with one attached hydrogen (secondary N) is 2. The van der Waals surface area contributed by atoms with Crippen molar-refractivity contribution < 1.29 is 18.0 Å². The maximum Gasteiger partial charge on any atom is 0.417 e. The zero-order valence-corrected chi connectivity index (χ0v) is 11.1. The van der Waals surface area contributed by atoms with Gasteiger partial charge in [-0.1, -0.05) is 13.8 Å². The van der Waals surface area contributed by atoms with Gasteiger partial charge in [-0.3, -0.25) is 4.79 Å². The first-order valence-corrected chi connectivity index (χ1v) is 5.91. The van der Waals surface area contributed by atoms with Crippen LogP contribution in [0.5, 0.6) is 0 Å². The van der Waals surface area contributed by atoms with E-state index in [0.29, 0.717) is 18.9 Å². The first-order valence-electron chi connectivity index (χ1n) is 5.91. The molecule has 1 aromatic rings. The molecule has 0 atom stereocenters. The molecule has 0 aromatic carbocycles. The number of carbonyl (C=O) groups is 1. The van der Waals surface area contributed by atoms with E-state index < -0.39 is 11.7 Å². The average molecular weight is 277 g/mol. The highest BCUT2D eigenvalue weighted by Gasteiger charge is 2.30. The van der Waals surface area contributed by atoms with E-state index >= 15 is 0 Å². The van der Waals surface area contributed by atoms with Crippen LogP contribution < -0.4 is 10.6 Å². The van der Waals surface area contributed by atoms with Crippen molar-refractivity contribution in [1.29, 1.82) is 0 Å². The number of carbonyl (C=O) groups excluding carboxylic acids is 1. The Bertz CT molecular complexity index is 377. The van der Waals surface area contributed by atoms with Gasteiger partial charge in [-0.25, -0.2) is 4.98 Å². The lowest BCUT2D eigenvalue weighted by atomic mass is 10.3. The molecule has 1 heterocycles. The third kappa shape index (κ3) is 7.28. The monoisotopic (exact) mass is 277 g/mol. The number of hydrogen-bond acceptors (Lipinski definition) is 3. The summed E-state index contributed by atoms with van der Waals surface area (Å²) in [5.41, 5.74) is -0.787. The van der Waals surface area contributed by atoms with Crippen LogP contribution >= 0.6 is 0 Å². The molecule has 0 aliphatic rings. The van der Waals surface area contributed by atoms with Gasteiger partial charge in [0.2, 0.25) is 5.91 Å². The Labute approximate surface area is 110 Å². The summed E-state index contributed by atoms with van der Waals surface area (Å²) in [7, 11) is 0. The number of hydrogen-bond donors (Lipinski definition) is 2. The summed E-state index contributed by atoms with van der Waals surface area (Å²) in [6, 6.07) is 2.20. The van der Waals surface area contributed by atoms with Crippen molar-refractivity contribution in [1.82, 2.24) is 10.3 Å². The molecule has 0 saturated heterocycles. The molecule has 19 heavy (non-hydrogen) atoms. The highest BCUT2D eigenvalue weighted by atomic mass is 19.4. The largest absolute Gasteiger partial charge is 0.417 e. The van der Waals surface area contributed by atoms with Crippen LogP contribution in [-0.4, -0.2) is 24.0 Å². The predicted octanol–water partition coefficient (Wildman–Crippen LogP) is 2.67. The van der Waals surface area contributed by atoms with Gasteiger partial charge in [-0.2, -0.15) is 13.2 Å². The van der Waals surface area contributed by atoms with E-state index in [-0.39, 0.29) is 5.91 Å². The Morgan fingerprint density at radius 1 is 1.26 bits per heavy atom. The van der Waals surface area contributed by atoms with Gasteiger partial charge < -0.3 is 10.6 Å². The number of amides is 1. The molecule has 0 aliphatic heterocycles. The van der Waals surface area contributed by atoms with Crippen molar-refractivity contribution in [2.24, 2.45) is 0 Å². The highest BCUT2D eigenvalue weighted by Crippen LogP contribution is 2.28. The van der Waals surface area contributed by atoms with Crippen molar-refractivity contribution in [3.05, 3.63) is 23.9 Å². The molecule has 7 heteroatoms. The van der Waals surface area contributed by atoms with Crippen LogP contribution in [0.2, 0.25) is 0 Å². The van der Waals surface area contributed by atoms with Crippen LogP contribution in [0.4, 0.5) is 19.0 Å². The molecule has 0 radical (unpaired) electrons. The molecule has 1 amide bonds. The van der Waals surface area contributed by atoms with E-state index in [9.17, 15) is 18.0 Å². The van der Waals surface area contributed by atoms with Gasteiger partial charge in [0, 0.05) is 26.2 Å². The maximum atomic E-state index is 12.2. The Morgan fingerprint density at radius 3 is 2.32 bits per heavy atom. The minimum Gasteiger partial charge on any atom is -0.368 e. The van der Waals surface area contributed by atoms with Gasteiger partial charge in [0.1, 0.15) is 5.82 Å². The SMILES string of the molecule is CC.CC(=O)NCCNc1ccc(C(F)(F)F)cn1. The zero-order chi connectivity index (χ0) is 14.9. The lowest BCUT2D eigenvalue weighted by Crippen LogP contribution is -2.26. The van der Waals surface area contributed by atoms with E-state index in [1.165, 1.54) is 13.0 Å². The van der Waals surface area contributed by atoms with Gasteiger partial charge in [0.25, 0.3) is 0 Å². The minimum absolute atomic E-state index is 0.160. The van der Waals surface area contributed by atoms with Crippen LogP contribution in [0, 0.1) is 0 Å². The third-order valence-corrected chi connectivity index (χ3v) is 1.90. The Kier molecular flexibility index (Phi) is 7.55. The predicted molar refractivity (Wildman–Crippen MR) is 67.8 cm³/mol. The van der Waals surface area contributed by atoms with Crippen LogP contribution in [0.3, 0.4) is 0 Å². The number of aromatic nitrogens is 1. The van der Waals surface area contributed by atoms with Gasteiger partial charge >= 0.3 is 6.18 Å². The van der Waals surface area contributed by atoms with Crippen LogP contribution in [0.25, 0.3) is 0 Å². The summed E-state index contributed by atoms with van der Waals surface area (Å²) in [6.45, 7) is 6.17. The lowest BCUT2D eigenvalue weighted by molar-refractivity contribution is -0.137. The standard InChI is InChI=1S/C10H12F3N3O.C2H6/c1-7(17)14-4-5-15-9-3-2-8(6-16-9)10(11,12)13;1-2/h2-3,6H,4-5H2,1H3,(H,14,17)(H,15,16);1-2H3. The molecule has 1 aromatic heterocycles. The van der Waals surface area contributed by atoms with Gasteiger partial charge in [-0.05, 0) is 12.1 Å². The normalized spacial score (nSPS) is 10.2. The summed E-state index contributed by atoms with van der Waals surface area (Å²) in [6.07, 6.45) is -3.61. The van der Waals surface area contributed by atoms with E-state index in [0.717, 1.165) is 12.3 Å². The fraction of sp³-hybridized carbons (Fsp3) is 0.500. The Morgan fingerprint density at radius 2 is 1.89 bits per heavy atom. The molecule has 0 aliphatic carbocycles. The molecule has 0 spiro atoms. The summed E-state index contributed by atoms with van der Waals surface area (Å²) < 4.78 is 36.6. The fourth-order valence-electron chi connectivity index (χ4n) is 1.10. The maximum absolute atomic E-state index is 12.2. The van der Waals surface area contributed by atoms with E-state index in [2.05, 4.69) is 15.6 Å². The van der Waals surface area contributed by atoms with Crippen molar-refractivity contribution >= 4 is 11.7 Å². The second kappa shape index (κ2) is 8.34. The third-order valence-electron chi connectivity index (χ3n) is 1.90. The van der Waals surface area contributed by atoms with Gasteiger partial charge in [0.15, 0.2) is 0 Å². The molecule has 108 valence electrons. The molecule has 0 unspecified atom stereocenters. The Balaban J connectivity index is 0.00000154. The van der Waals surface area contributed by atoms with E-state index in [1.54, 1.807) is 0 Å². The molecule has 1 rings (SSSR count). The minimum atomic E-state index is -4.37. The molecule has 0 bridgehead atoms. The summed E-state index contributed by atoms with van der Waals surface area (Å²) >= 11 is 0. The van der Waals surface area contributed by atoms with E-state index in [4.69, 9.17) is 0 Å². The number of rotatable bonds is 4. The zero-order valence-electron chi connectivity index (χ0n) is 11.1. The second-order valence-electron chi connectivity index (χ2n) is 3.34. The molecular weight excluding hydrogens is 259 g/mol. The quantitative estimate of drug-likeness (QED) is 0.832. The van der Waals surface area contributed by atoms with Gasteiger partial charge in [0.05, 0.1) is 5.56 Å². The molecule has 4 nitrogen and oxygen atoms in total. The number of nitrogens with zero attached hydrogens (tertiary/aromatic N) is 1. The number of halogens is 3. The first kappa shape index (κ1) is 17.2. The van der Waals surface area contributed by atoms with E-state index in [1.807, 2.05) is 13.8 Å². The average Bonchev–Trinajstić information content (AvgIpc) is 2.36. The smallest absolute Gasteiger partial charge is 0.368 e.